The molecule has 7 heteroatoms. The summed E-state index contributed by atoms with van der Waals surface area (Å²) >= 11 is 0. The molecule has 29 heavy (non-hydrogen) atoms. The third-order valence-corrected chi connectivity index (χ3v) is 4.65. The van der Waals surface area contributed by atoms with Gasteiger partial charge in [-0.25, -0.2) is 0 Å². The second kappa shape index (κ2) is 11.8. The fraction of sp³-hybridized carbons (Fsp3) is 0.455. The number of carbonyl (C=O) groups excluding carboxylic acids is 1. The molecule has 0 radical (unpaired) electrons. The molecule has 0 bridgehead atoms. The molecule has 0 aliphatic heterocycles. The molecular formula is C22H33N5O2. The van der Waals surface area contributed by atoms with Gasteiger partial charge < -0.3 is 25.3 Å². The van der Waals surface area contributed by atoms with E-state index in [4.69, 9.17) is 4.42 Å². The number of hydrogen-bond donors (Lipinski definition) is 3. The van der Waals surface area contributed by atoms with Crippen LogP contribution in [0.25, 0.3) is 0 Å². The number of guanidine groups is 1. The highest BCUT2D eigenvalue weighted by atomic mass is 16.3. The predicted molar refractivity (Wildman–Crippen MR) is 119 cm³/mol. The molecule has 0 atom stereocenters. The van der Waals surface area contributed by atoms with Crippen molar-refractivity contribution in [3.05, 3.63) is 53.5 Å². The van der Waals surface area contributed by atoms with Gasteiger partial charge in [-0.15, -0.1) is 0 Å². The molecule has 0 saturated carbocycles. The maximum atomic E-state index is 12.0. The molecule has 0 aliphatic carbocycles. The maximum absolute atomic E-state index is 12.0. The van der Waals surface area contributed by atoms with Crippen LogP contribution in [0.5, 0.6) is 0 Å². The molecule has 0 aliphatic rings. The Kier molecular flexibility index (Phi) is 9.08. The lowest BCUT2D eigenvalue weighted by atomic mass is 10.2. The van der Waals surface area contributed by atoms with E-state index in [9.17, 15) is 4.79 Å². The van der Waals surface area contributed by atoms with Crippen molar-refractivity contribution in [2.75, 3.05) is 44.7 Å². The largest absolute Gasteiger partial charge is 0.459 e. The van der Waals surface area contributed by atoms with Gasteiger partial charge in [-0.1, -0.05) is 12.1 Å². The molecule has 158 valence electrons. The summed E-state index contributed by atoms with van der Waals surface area (Å²) in [7, 11) is 1.76. The van der Waals surface area contributed by atoms with Gasteiger partial charge in [0, 0.05) is 51.0 Å². The van der Waals surface area contributed by atoms with Crippen LogP contribution in [-0.4, -0.2) is 51.6 Å². The molecule has 0 fully saturated rings. The molecule has 1 heterocycles. The van der Waals surface area contributed by atoms with Crippen molar-refractivity contribution in [2.45, 2.75) is 27.2 Å². The SMILES string of the molecule is CCN(CCNC(=NC)NCCCNC(=O)c1occc1C)c1cccc(C)c1. The molecule has 0 unspecified atom stereocenters. The first kappa shape index (κ1) is 22.3. The number of amides is 1. The summed E-state index contributed by atoms with van der Waals surface area (Å²) in [4.78, 5) is 18.6. The average Bonchev–Trinajstić information content (AvgIpc) is 3.15. The van der Waals surface area contributed by atoms with Crippen LogP contribution >= 0.6 is 0 Å². The first-order valence-corrected chi connectivity index (χ1v) is 10.1. The molecule has 1 aromatic carbocycles. The predicted octanol–water partition coefficient (Wildman–Crippen LogP) is 2.71. The number of nitrogens with zero attached hydrogens (tertiary/aromatic N) is 2. The minimum absolute atomic E-state index is 0.175. The number of aryl methyl sites for hydroxylation is 2. The van der Waals surface area contributed by atoms with E-state index < -0.39 is 0 Å². The molecule has 2 aromatic rings. The third kappa shape index (κ3) is 7.18. The first-order chi connectivity index (χ1) is 14.0. The molecule has 0 spiro atoms. The Morgan fingerprint density at radius 2 is 1.86 bits per heavy atom. The van der Waals surface area contributed by atoms with Crippen molar-refractivity contribution in [2.24, 2.45) is 4.99 Å². The van der Waals surface area contributed by atoms with Crippen LogP contribution < -0.4 is 20.9 Å². The molecule has 1 amide bonds. The third-order valence-electron chi connectivity index (χ3n) is 4.65. The van der Waals surface area contributed by atoms with Gasteiger partial charge in [0.25, 0.3) is 5.91 Å². The minimum Gasteiger partial charge on any atom is -0.459 e. The van der Waals surface area contributed by atoms with Crippen LogP contribution in [0.4, 0.5) is 5.69 Å². The molecular weight excluding hydrogens is 366 g/mol. The lowest BCUT2D eigenvalue weighted by Gasteiger charge is -2.24. The highest BCUT2D eigenvalue weighted by molar-refractivity contribution is 5.92. The number of anilines is 1. The summed E-state index contributed by atoms with van der Waals surface area (Å²) in [6, 6.07) is 10.3. The van der Waals surface area contributed by atoms with Gasteiger partial charge in [-0.05, 0) is 51.0 Å². The summed E-state index contributed by atoms with van der Waals surface area (Å²) in [6.07, 6.45) is 2.32. The number of aliphatic imine (C=N–C) groups is 1. The topological polar surface area (TPSA) is 81.9 Å². The fourth-order valence-electron chi connectivity index (χ4n) is 3.01. The Labute approximate surface area is 173 Å². The van der Waals surface area contributed by atoms with Crippen molar-refractivity contribution in [3.8, 4) is 0 Å². The van der Waals surface area contributed by atoms with Gasteiger partial charge in [0.1, 0.15) is 0 Å². The van der Waals surface area contributed by atoms with Crippen LogP contribution in [0.3, 0.4) is 0 Å². The van der Waals surface area contributed by atoms with Gasteiger partial charge >= 0.3 is 0 Å². The van der Waals surface area contributed by atoms with Crippen LogP contribution in [0.2, 0.25) is 0 Å². The van der Waals surface area contributed by atoms with Crippen molar-refractivity contribution < 1.29 is 9.21 Å². The van der Waals surface area contributed by atoms with Crippen LogP contribution in [-0.2, 0) is 0 Å². The van der Waals surface area contributed by atoms with E-state index in [1.54, 1.807) is 13.1 Å². The Morgan fingerprint density at radius 3 is 2.52 bits per heavy atom. The Morgan fingerprint density at radius 1 is 1.10 bits per heavy atom. The highest BCUT2D eigenvalue weighted by Gasteiger charge is 2.11. The fourth-order valence-corrected chi connectivity index (χ4v) is 3.01. The normalized spacial score (nSPS) is 11.2. The zero-order chi connectivity index (χ0) is 21.1. The van der Waals surface area contributed by atoms with E-state index in [0.29, 0.717) is 18.8 Å². The Bertz CT molecular complexity index is 800. The zero-order valence-corrected chi connectivity index (χ0v) is 17.9. The average molecular weight is 400 g/mol. The van der Waals surface area contributed by atoms with Crippen LogP contribution in [0.1, 0.15) is 35.0 Å². The van der Waals surface area contributed by atoms with Crippen molar-refractivity contribution >= 4 is 17.6 Å². The van der Waals surface area contributed by atoms with E-state index in [1.807, 2.05) is 6.92 Å². The summed E-state index contributed by atoms with van der Waals surface area (Å²) in [5.74, 6) is 0.967. The molecule has 7 nitrogen and oxygen atoms in total. The van der Waals surface area contributed by atoms with E-state index in [-0.39, 0.29) is 5.91 Å². The summed E-state index contributed by atoms with van der Waals surface area (Å²) < 4.78 is 5.19. The number of carbonyl (C=O) groups is 1. The van der Waals surface area contributed by atoms with Crippen LogP contribution in [0.15, 0.2) is 46.0 Å². The number of furan rings is 1. The molecule has 0 saturated heterocycles. The van der Waals surface area contributed by atoms with Gasteiger partial charge in [-0.3, -0.25) is 9.79 Å². The number of hydrogen-bond acceptors (Lipinski definition) is 4. The molecule has 2 rings (SSSR count). The Balaban J connectivity index is 1.65. The number of benzene rings is 1. The highest BCUT2D eigenvalue weighted by Crippen LogP contribution is 2.14. The van der Waals surface area contributed by atoms with E-state index in [2.05, 4.69) is 64.0 Å². The smallest absolute Gasteiger partial charge is 0.287 e. The lowest BCUT2D eigenvalue weighted by Crippen LogP contribution is -2.42. The second-order valence-corrected chi connectivity index (χ2v) is 6.89. The van der Waals surface area contributed by atoms with Gasteiger partial charge in [-0.2, -0.15) is 0 Å². The monoisotopic (exact) mass is 399 g/mol. The van der Waals surface area contributed by atoms with Crippen molar-refractivity contribution in [1.82, 2.24) is 16.0 Å². The van der Waals surface area contributed by atoms with E-state index >= 15 is 0 Å². The Hall–Kier alpha value is -2.96. The quantitative estimate of drug-likeness (QED) is 0.325. The number of nitrogens with one attached hydrogen (secondary N) is 3. The van der Waals surface area contributed by atoms with Gasteiger partial charge in [0.15, 0.2) is 11.7 Å². The summed E-state index contributed by atoms with van der Waals surface area (Å²) in [6.45, 7) is 10.0. The van der Waals surface area contributed by atoms with Crippen molar-refractivity contribution in [1.29, 1.82) is 0 Å². The first-order valence-electron chi connectivity index (χ1n) is 10.1. The van der Waals surface area contributed by atoms with Crippen LogP contribution in [0, 0.1) is 13.8 Å². The second-order valence-electron chi connectivity index (χ2n) is 6.89. The van der Waals surface area contributed by atoms with Crippen molar-refractivity contribution in [3.63, 3.8) is 0 Å². The lowest BCUT2D eigenvalue weighted by molar-refractivity contribution is 0.0925. The van der Waals surface area contributed by atoms with E-state index in [0.717, 1.165) is 37.6 Å². The van der Waals surface area contributed by atoms with E-state index in [1.165, 1.54) is 17.5 Å². The summed E-state index contributed by atoms with van der Waals surface area (Å²) in [5, 5.41) is 9.48. The van der Waals surface area contributed by atoms with Gasteiger partial charge in [0.05, 0.1) is 6.26 Å². The minimum atomic E-state index is -0.175. The summed E-state index contributed by atoms with van der Waals surface area (Å²) in [5.41, 5.74) is 3.34. The van der Waals surface area contributed by atoms with Gasteiger partial charge in [0.2, 0.25) is 0 Å². The zero-order valence-electron chi connectivity index (χ0n) is 17.9. The molecule has 3 N–H and O–H groups in total. The standard InChI is InChI=1S/C22H33N5O2/c1-5-27(19-9-6-8-17(2)16-19)14-13-26-22(23-4)25-12-7-11-24-21(28)20-18(3)10-15-29-20/h6,8-10,15-16H,5,7,11-14H2,1-4H3,(H,24,28)(H2,23,25,26). The number of rotatable bonds is 10. The number of likely N-dealkylation sites (N-methyl/N-ethyl adjacent to an activating group) is 1. The molecule has 1 aromatic heterocycles. The maximum Gasteiger partial charge on any atom is 0.287 e.